The van der Waals surface area contributed by atoms with Gasteiger partial charge in [-0.15, -0.1) is 0 Å². The van der Waals surface area contributed by atoms with Crippen LogP contribution in [-0.2, 0) is 14.3 Å². The average Bonchev–Trinajstić information content (AvgIpc) is 2.82. The number of carbonyl (C=O) groups is 2. The van der Waals surface area contributed by atoms with Crippen molar-refractivity contribution in [1.29, 1.82) is 5.26 Å². The zero-order valence-electron chi connectivity index (χ0n) is 21.9. The monoisotopic (exact) mass is 510 g/mol. The third-order valence-electron chi connectivity index (χ3n) is 5.88. The van der Waals surface area contributed by atoms with Crippen molar-refractivity contribution in [2.24, 2.45) is 4.99 Å². The Balaban J connectivity index is 2.26. The molecule has 35 heavy (non-hydrogen) atoms. The summed E-state index contributed by atoms with van der Waals surface area (Å²) in [5, 5.41) is 15.7. The van der Waals surface area contributed by atoms with Crippen LogP contribution in [0.5, 0.6) is 0 Å². The molecule has 2 N–H and O–H groups in total. The lowest BCUT2D eigenvalue weighted by atomic mass is 9.88. The first-order valence-corrected chi connectivity index (χ1v) is 13.5. The minimum atomic E-state index is -0.908. The molecule has 11 heteroatoms. The lowest BCUT2D eigenvalue weighted by Gasteiger charge is -2.38. The molecule has 2 aliphatic rings. The van der Waals surface area contributed by atoms with Crippen molar-refractivity contribution in [2.75, 3.05) is 58.3 Å². The standard InChI is InChI=1S/C24H42N6O4S/c1-6-10-29-11-8-24(18-25,9-12-29)28-20(31)19(17-35-23(3,4)5)26-21(27-22(32)34-7-2)30-13-15-33-16-14-30/h19H,6-17H2,1-5H3,(H,28,31)(H,26,27,32)/t19-/m0/s1. The minimum Gasteiger partial charge on any atom is -0.450 e. The molecule has 2 saturated heterocycles. The summed E-state index contributed by atoms with van der Waals surface area (Å²) in [7, 11) is 0. The number of hydrogen-bond acceptors (Lipinski definition) is 8. The van der Waals surface area contributed by atoms with Crippen LogP contribution in [0.15, 0.2) is 4.99 Å². The summed E-state index contributed by atoms with van der Waals surface area (Å²) in [5.74, 6) is 0.408. The molecule has 0 unspecified atom stereocenters. The van der Waals surface area contributed by atoms with E-state index in [2.05, 4.69) is 49.3 Å². The maximum absolute atomic E-state index is 13.5. The lowest BCUT2D eigenvalue weighted by molar-refractivity contribution is -0.123. The van der Waals surface area contributed by atoms with Gasteiger partial charge in [-0.2, -0.15) is 17.0 Å². The summed E-state index contributed by atoms with van der Waals surface area (Å²) >= 11 is 1.62. The van der Waals surface area contributed by atoms with Crippen LogP contribution in [0, 0.1) is 11.3 Å². The van der Waals surface area contributed by atoms with E-state index in [0.29, 0.717) is 50.9 Å². The Morgan fingerprint density at radius 3 is 2.40 bits per heavy atom. The molecule has 1 atom stereocenters. The summed E-state index contributed by atoms with van der Waals surface area (Å²) in [6.45, 7) is 15.0. The van der Waals surface area contributed by atoms with Crippen LogP contribution >= 0.6 is 11.8 Å². The second-order valence-electron chi connectivity index (χ2n) is 9.86. The number of aliphatic imine (C=N–C) groups is 1. The van der Waals surface area contributed by atoms with E-state index in [4.69, 9.17) is 14.5 Å². The molecule has 0 aromatic heterocycles. The normalized spacial score (nSPS) is 20.0. The van der Waals surface area contributed by atoms with Crippen LogP contribution in [-0.4, -0.2) is 102 Å². The van der Waals surface area contributed by atoms with Crippen LogP contribution in [0.25, 0.3) is 0 Å². The van der Waals surface area contributed by atoms with Gasteiger partial charge in [0.1, 0.15) is 11.6 Å². The number of nitrogens with one attached hydrogen (secondary N) is 2. The van der Waals surface area contributed by atoms with Gasteiger partial charge in [0, 0.05) is 36.7 Å². The quantitative estimate of drug-likeness (QED) is 0.377. The molecule has 0 bridgehead atoms. The minimum absolute atomic E-state index is 0.0832. The molecule has 2 rings (SSSR count). The number of likely N-dealkylation sites (tertiary alicyclic amines) is 1. The predicted molar refractivity (Wildman–Crippen MR) is 138 cm³/mol. The van der Waals surface area contributed by atoms with Crippen molar-refractivity contribution in [3.8, 4) is 6.07 Å². The first-order chi connectivity index (χ1) is 16.6. The number of piperidine rings is 1. The Labute approximate surface area is 214 Å². The summed E-state index contributed by atoms with van der Waals surface area (Å²) in [6.07, 6.45) is 1.60. The molecule has 0 radical (unpaired) electrons. The smallest absolute Gasteiger partial charge is 0.413 e. The highest BCUT2D eigenvalue weighted by Crippen LogP contribution is 2.26. The molecule has 0 aromatic rings. The number of hydrogen-bond donors (Lipinski definition) is 2. The van der Waals surface area contributed by atoms with Gasteiger partial charge in [-0.25, -0.2) is 9.79 Å². The highest BCUT2D eigenvalue weighted by molar-refractivity contribution is 8.00. The molecule has 2 heterocycles. The summed E-state index contributed by atoms with van der Waals surface area (Å²) in [5.41, 5.74) is -0.908. The second-order valence-corrected chi connectivity index (χ2v) is 11.7. The first kappa shape index (κ1) is 29.2. The van der Waals surface area contributed by atoms with Crippen LogP contribution in [0.1, 0.15) is 53.9 Å². The number of rotatable bonds is 8. The predicted octanol–water partition coefficient (Wildman–Crippen LogP) is 2.21. The average molecular weight is 511 g/mol. The van der Waals surface area contributed by atoms with Gasteiger partial charge in [0.15, 0.2) is 0 Å². The number of carbonyl (C=O) groups excluding carboxylic acids is 2. The van der Waals surface area contributed by atoms with Gasteiger partial charge in [-0.05, 0) is 32.7 Å². The molecule has 10 nitrogen and oxygen atoms in total. The van der Waals surface area contributed by atoms with Crippen LogP contribution in [0.2, 0.25) is 0 Å². The van der Waals surface area contributed by atoms with E-state index in [-0.39, 0.29) is 17.3 Å². The number of morpholine rings is 1. The fourth-order valence-electron chi connectivity index (χ4n) is 3.93. The maximum Gasteiger partial charge on any atom is 0.413 e. The highest BCUT2D eigenvalue weighted by Gasteiger charge is 2.38. The molecule has 0 aliphatic carbocycles. The number of guanidine groups is 1. The Kier molecular flexibility index (Phi) is 11.6. The third-order valence-corrected chi connectivity index (χ3v) is 7.23. The summed E-state index contributed by atoms with van der Waals surface area (Å²) < 4.78 is 10.4. The Bertz CT molecular complexity index is 765. The summed E-state index contributed by atoms with van der Waals surface area (Å²) in [4.78, 5) is 34.7. The van der Waals surface area contributed by atoms with Crippen molar-refractivity contribution in [2.45, 2.75) is 70.2 Å². The number of nitrogens with zero attached hydrogens (tertiary/aromatic N) is 4. The molecule has 0 spiro atoms. The van der Waals surface area contributed by atoms with Crippen LogP contribution in [0.4, 0.5) is 4.79 Å². The fourth-order valence-corrected chi connectivity index (χ4v) is 4.82. The van der Waals surface area contributed by atoms with Crippen molar-refractivity contribution >= 4 is 29.7 Å². The lowest BCUT2D eigenvalue weighted by Crippen LogP contribution is -2.57. The van der Waals surface area contributed by atoms with E-state index < -0.39 is 17.7 Å². The Morgan fingerprint density at radius 1 is 1.20 bits per heavy atom. The van der Waals surface area contributed by atoms with E-state index in [1.54, 1.807) is 18.7 Å². The summed E-state index contributed by atoms with van der Waals surface area (Å²) in [6, 6.07) is 1.59. The zero-order chi connectivity index (χ0) is 25.9. The number of nitriles is 1. The second kappa shape index (κ2) is 13.9. The van der Waals surface area contributed by atoms with E-state index in [1.807, 2.05) is 4.90 Å². The zero-order valence-corrected chi connectivity index (χ0v) is 22.7. The van der Waals surface area contributed by atoms with Gasteiger partial charge in [-0.1, -0.05) is 27.7 Å². The van der Waals surface area contributed by atoms with Gasteiger partial charge in [0.2, 0.25) is 11.9 Å². The van der Waals surface area contributed by atoms with Gasteiger partial charge >= 0.3 is 6.09 Å². The van der Waals surface area contributed by atoms with E-state index in [0.717, 1.165) is 26.1 Å². The Morgan fingerprint density at radius 2 is 1.86 bits per heavy atom. The molecule has 2 aliphatic heterocycles. The van der Waals surface area contributed by atoms with E-state index >= 15 is 0 Å². The third kappa shape index (κ3) is 9.86. The largest absolute Gasteiger partial charge is 0.450 e. The molecular weight excluding hydrogens is 468 g/mol. The van der Waals surface area contributed by atoms with Gasteiger partial charge in [-0.3, -0.25) is 10.1 Å². The van der Waals surface area contributed by atoms with E-state index in [9.17, 15) is 14.9 Å². The topological polar surface area (TPSA) is 119 Å². The molecule has 2 fully saturated rings. The fraction of sp³-hybridized carbons (Fsp3) is 0.833. The number of alkyl carbamates (subject to hydrolysis) is 1. The van der Waals surface area contributed by atoms with Crippen molar-refractivity contribution in [3.05, 3.63) is 0 Å². The number of ether oxygens (including phenoxy) is 2. The molecule has 2 amide bonds. The van der Waals surface area contributed by atoms with Crippen molar-refractivity contribution in [1.82, 2.24) is 20.4 Å². The first-order valence-electron chi connectivity index (χ1n) is 12.5. The number of amides is 2. The van der Waals surface area contributed by atoms with Crippen LogP contribution in [0.3, 0.4) is 0 Å². The van der Waals surface area contributed by atoms with Gasteiger partial charge in [0.05, 0.1) is 25.9 Å². The highest BCUT2D eigenvalue weighted by atomic mass is 32.2. The van der Waals surface area contributed by atoms with Gasteiger partial charge in [0.25, 0.3) is 0 Å². The number of thioether (sulfide) groups is 1. The molecular formula is C24H42N6O4S. The van der Waals surface area contributed by atoms with Crippen molar-refractivity contribution < 1.29 is 19.1 Å². The molecule has 0 aromatic carbocycles. The van der Waals surface area contributed by atoms with E-state index in [1.165, 1.54) is 0 Å². The van der Waals surface area contributed by atoms with Crippen LogP contribution < -0.4 is 10.6 Å². The SMILES string of the molecule is CCCN1CCC(C#N)(NC(=O)[C@H](CSC(C)(C)C)N=C(NC(=O)OCC)N2CCOCC2)CC1. The molecule has 198 valence electrons. The van der Waals surface area contributed by atoms with Gasteiger partial charge < -0.3 is 24.6 Å². The Hall–Kier alpha value is -2.03. The van der Waals surface area contributed by atoms with Crippen molar-refractivity contribution in [3.63, 3.8) is 0 Å². The maximum atomic E-state index is 13.5. The molecule has 0 saturated carbocycles.